The number of thioether (sulfide) groups is 1. The van der Waals surface area contributed by atoms with Crippen molar-refractivity contribution < 1.29 is 27.5 Å². The van der Waals surface area contributed by atoms with Crippen LogP contribution in [0.15, 0.2) is 53.7 Å². The van der Waals surface area contributed by atoms with Gasteiger partial charge in [0.05, 0.1) is 24.5 Å². The number of anilines is 1. The number of carbonyl (C=O) groups is 2. The largest absolute Gasteiger partial charge is 0.497 e. The van der Waals surface area contributed by atoms with Crippen LogP contribution in [0.1, 0.15) is 48.6 Å². The zero-order chi connectivity index (χ0) is 27.2. The molecule has 1 heterocycles. The van der Waals surface area contributed by atoms with Gasteiger partial charge in [-0.05, 0) is 55.3 Å². The first kappa shape index (κ1) is 28.0. The molecular weight excluding hydrogens is 507 g/mol. The molecule has 8 nitrogen and oxygen atoms in total. The molecule has 0 unspecified atom stereocenters. The minimum absolute atomic E-state index is 0.0150. The Morgan fingerprint density at radius 2 is 1.81 bits per heavy atom. The van der Waals surface area contributed by atoms with Crippen LogP contribution in [0.5, 0.6) is 5.75 Å². The fourth-order valence-electron chi connectivity index (χ4n) is 3.53. The predicted octanol–water partition coefficient (Wildman–Crippen LogP) is 5.18. The van der Waals surface area contributed by atoms with E-state index < -0.39 is 23.7 Å². The summed E-state index contributed by atoms with van der Waals surface area (Å²) in [6.07, 6.45) is -4.50. The fourth-order valence-corrected chi connectivity index (χ4v) is 4.34. The van der Waals surface area contributed by atoms with Crippen LogP contribution >= 0.6 is 11.8 Å². The zero-order valence-electron chi connectivity index (χ0n) is 20.8. The maximum atomic E-state index is 12.9. The smallest absolute Gasteiger partial charge is 0.416 e. The van der Waals surface area contributed by atoms with Gasteiger partial charge in [0.1, 0.15) is 5.75 Å². The first-order valence-corrected chi connectivity index (χ1v) is 12.5. The highest BCUT2D eigenvalue weighted by molar-refractivity contribution is 7.99. The molecule has 0 radical (unpaired) electrons. The van der Waals surface area contributed by atoms with Crippen LogP contribution in [0.25, 0.3) is 0 Å². The van der Waals surface area contributed by atoms with Gasteiger partial charge in [-0.1, -0.05) is 31.7 Å². The summed E-state index contributed by atoms with van der Waals surface area (Å²) in [5.41, 5.74) is -0.321. The average molecular weight is 536 g/mol. The van der Waals surface area contributed by atoms with Gasteiger partial charge < -0.3 is 19.9 Å². The van der Waals surface area contributed by atoms with E-state index in [2.05, 4.69) is 20.8 Å². The number of halogens is 3. The summed E-state index contributed by atoms with van der Waals surface area (Å²) < 4.78 is 45.7. The lowest BCUT2D eigenvalue weighted by Crippen LogP contribution is -2.33. The van der Waals surface area contributed by atoms with Gasteiger partial charge in [0.25, 0.3) is 5.91 Å². The lowest BCUT2D eigenvalue weighted by molar-refractivity contribution is -0.137. The Morgan fingerprint density at radius 1 is 1.11 bits per heavy atom. The zero-order valence-corrected chi connectivity index (χ0v) is 21.6. The number of rotatable bonds is 10. The number of carbonyl (C=O) groups excluding carboxylic acids is 2. The maximum Gasteiger partial charge on any atom is 0.416 e. The second kappa shape index (κ2) is 12.1. The van der Waals surface area contributed by atoms with Crippen LogP contribution in [-0.2, 0) is 17.5 Å². The Balaban J connectivity index is 1.69. The van der Waals surface area contributed by atoms with Crippen LogP contribution in [-0.4, -0.2) is 39.4 Å². The summed E-state index contributed by atoms with van der Waals surface area (Å²) in [6.45, 7) is 6.27. The third kappa shape index (κ3) is 7.25. The lowest BCUT2D eigenvalue weighted by atomic mass is 10.0. The number of hydrogen-bond acceptors (Lipinski definition) is 6. The first-order valence-electron chi connectivity index (χ1n) is 11.5. The van der Waals surface area contributed by atoms with Crippen molar-refractivity contribution in [1.29, 1.82) is 0 Å². The first-order chi connectivity index (χ1) is 17.5. The number of aromatic nitrogens is 3. The van der Waals surface area contributed by atoms with E-state index in [0.717, 1.165) is 23.9 Å². The second-order valence-corrected chi connectivity index (χ2v) is 9.37. The van der Waals surface area contributed by atoms with Gasteiger partial charge in [-0.3, -0.25) is 9.59 Å². The van der Waals surface area contributed by atoms with Crippen LogP contribution < -0.4 is 15.4 Å². The highest BCUT2D eigenvalue weighted by Gasteiger charge is 2.30. The topological polar surface area (TPSA) is 98.1 Å². The number of ether oxygens (including phenoxy) is 1. The number of methoxy groups -OCH3 is 1. The number of nitrogens with zero attached hydrogens (tertiary/aromatic N) is 3. The number of benzene rings is 2. The maximum absolute atomic E-state index is 12.9. The molecule has 0 fully saturated rings. The van der Waals surface area contributed by atoms with Gasteiger partial charge in [-0.2, -0.15) is 13.2 Å². The molecule has 2 N–H and O–H groups in total. The molecular formula is C25H28F3N5O3S. The highest BCUT2D eigenvalue weighted by atomic mass is 32.2. The molecule has 1 aromatic heterocycles. The van der Waals surface area contributed by atoms with E-state index in [0.29, 0.717) is 28.8 Å². The van der Waals surface area contributed by atoms with Gasteiger partial charge in [0, 0.05) is 17.8 Å². The van der Waals surface area contributed by atoms with E-state index >= 15 is 0 Å². The van der Waals surface area contributed by atoms with Gasteiger partial charge in [0.2, 0.25) is 5.91 Å². The Morgan fingerprint density at radius 3 is 2.41 bits per heavy atom. The molecule has 0 saturated heterocycles. The number of amides is 2. The Bertz CT molecular complexity index is 1230. The Hall–Kier alpha value is -3.54. The third-order valence-corrected chi connectivity index (χ3v) is 6.42. The fraction of sp³-hybridized carbons (Fsp3) is 0.360. The predicted molar refractivity (Wildman–Crippen MR) is 135 cm³/mol. The molecule has 0 bridgehead atoms. The summed E-state index contributed by atoms with van der Waals surface area (Å²) in [4.78, 5) is 25.3. The van der Waals surface area contributed by atoms with Gasteiger partial charge in [-0.15, -0.1) is 10.2 Å². The SMILES string of the molecule is CCn1c(SCC(=O)Nc2cccc(C(F)(F)F)c2)nnc1[C@@H](NC(=O)c1ccc(OC)cc1)C(C)C. The van der Waals surface area contributed by atoms with Gasteiger partial charge in [-0.25, -0.2) is 0 Å². The van der Waals surface area contributed by atoms with Crippen LogP contribution in [0.4, 0.5) is 18.9 Å². The van der Waals surface area contributed by atoms with E-state index in [4.69, 9.17) is 4.74 Å². The van der Waals surface area contributed by atoms with Crippen molar-refractivity contribution in [3.63, 3.8) is 0 Å². The molecule has 1 atom stereocenters. The summed E-state index contributed by atoms with van der Waals surface area (Å²) in [7, 11) is 1.55. The van der Waals surface area contributed by atoms with E-state index in [1.54, 1.807) is 35.9 Å². The molecule has 3 aromatic rings. The van der Waals surface area contributed by atoms with E-state index in [9.17, 15) is 22.8 Å². The highest BCUT2D eigenvalue weighted by Crippen LogP contribution is 2.31. The monoisotopic (exact) mass is 535 g/mol. The molecule has 2 amide bonds. The lowest BCUT2D eigenvalue weighted by Gasteiger charge is -2.22. The molecule has 0 spiro atoms. The molecule has 0 aliphatic carbocycles. The summed E-state index contributed by atoms with van der Waals surface area (Å²) in [5.74, 6) is 0.325. The van der Waals surface area contributed by atoms with E-state index in [1.165, 1.54) is 12.1 Å². The van der Waals surface area contributed by atoms with Crippen molar-refractivity contribution in [2.45, 2.75) is 44.7 Å². The molecule has 0 saturated carbocycles. The van der Waals surface area contributed by atoms with Crippen LogP contribution in [0, 0.1) is 5.92 Å². The molecule has 0 aliphatic rings. The molecule has 198 valence electrons. The van der Waals surface area contributed by atoms with Crippen molar-refractivity contribution >= 4 is 29.3 Å². The Kier molecular flexibility index (Phi) is 9.19. The molecule has 0 aliphatic heterocycles. The van der Waals surface area contributed by atoms with Crippen molar-refractivity contribution in [1.82, 2.24) is 20.1 Å². The number of alkyl halides is 3. The molecule has 37 heavy (non-hydrogen) atoms. The Labute approximate surface area is 217 Å². The van der Waals surface area contributed by atoms with Crippen molar-refractivity contribution in [3.8, 4) is 5.75 Å². The van der Waals surface area contributed by atoms with Crippen LogP contribution in [0.3, 0.4) is 0 Å². The number of nitrogens with one attached hydrogen (secondary N) is 2. The van der Waals surface area contributed by atoms with Crippen molar-refractivity contribution in [3.05, 3.63) is 65.5 Å². The van der Waals surface area contributed by atoms with E-state index in [1.807, 2.05) is 20.8 Å². The minimum Gasteiger partial charge on any atom is -0.497 e. The average Bonchev–Trinajstić information content (AvgIpc) is 3.27. The molecule has 3 rings (SSSR count). The van der Waals surface area contributed by atoms with Crippen molar-refractivity contribution in [2.75, 3.05) is 18.2 Å². The molecule has 12 heteroatoms. The van der Waals surface area contributed by atoms with Gasteiger partial charge >= 0.3 is 6.18 Å². The van der Waals surface area contributed by atoms with Crippen molar-refractivity contribution in [2.24, 2.45) is 5.92 Å². The van der Waals surface area contributed by atoms with E-state index in [-0.39, 0.29) is 23.3 Å². The van der Waals surface area contributed by atoms with Crippen LogP contribution in [0.2, 0.25) is 0 Å². The summed E-state index contributed by atoms with van der Waals surface area (Å²) in [5, 5.41) is 14.4. The van der Waals surface area contributed by atoms with Gasteiger partial charge in [0.15, 0.2) is 11.0 Å². The normalized spacial score (nSPS) is 12.3. The summed E-state index contributed by atoms with van der Waals surface area (Å²) in [6, 6.07) is 10.7. The third-order valence-electron chi connectivity index (χ3n) is 5.45. The summed E-state index contributed by atoms with van der Waals surface area (Å²) >= 11 is 1.11. The standard InChI is InChI=1S/C25H28F3N5O3S/c1-5-33-22(21(15(2)3)30-23(35)16-9-11-19(36-4)12-10-16)31-32-24(33)37-14-20(34)29-18-8-6-7-17(13-18)25(26,27)28/h6-13,15,21H,5,14H2,1-4H3,(H,29,34)(H,30,35)/t21-/m0/s1. The molecule has 2 aromatic carbocycles. The second-order valence-electron chi connectivity index (χ2n) is 8.42. The minimum atomic E-state index is -4.50. The number of hydrogen-bond donors (Lipinski definition) is 2. The quantitative estimate of drug-likeness (QED) is 0.347.